The second kappa shape index (κ2) is 4.53. The van der Waals surface area contributed by atoms with Crippen LogP contribution >= 0.6 is 11.3 Å². The maximum Gasteiger partial charge on any atom is 0.217 e. The van der Waals surface area contributed by atoms with Crippen molar-refractivity contribution in [2.45, 2.75) is 32.6 Å². The van der Waals surface area contributed by atoms with Crippen molar-refractivity contribution < 1.29 is 0 Å². The Hall–Kier alpha value is -1.46. The molecule has 4 nitrogen and oxygen atoms in total. The molecule has 0 spiro atoms. The first-order valence-corrected chi connectivity index (χ1v) is 8.01. The van der Waals surface area contributed by atoms with Crippen molar-refractivity contribution in [3.8, 4) is 0 Å². The zero-order valence-electron chi connectivity index (χ0n) is 11.8. The lowest BCUT2D eigenvalue weighted by molar-refractivity contribution is 0.443. The predicted molar refractivity (Wildman–Crippen MR) is 82.7 cm³/mol. The summed E-state index contributed by atoms with van der Waals surface area (Å²) < 4.78 is 3.62. The highest BCUT2D eigenvalue weighted by Crippen LogP contribution is 2.33. The van der Waals surface area contributed by atoms with Crippen LogP contribution in [0.3, 0.4) is 0 Å². The van der Waals surface area contributed by atoms with Crippen LogP contribution < -0.4 is 5.32 Å². The minimum Gasteiger partial charge on any atom is -0.317 e. The van der Waals surface area contributed by atoms with Crippen molar-refractivity contribution in [2.75, 3.05) is 13.1 Å². The van der Waals surface area contributed by atoms with Crippen molar-refractivity contribution in [3.63, 3.8) is 0 Å². The van der Waals surface area contributed by atoms with Gasteiger partial charge in [-0.15, -0.1) is 10.2 Å². The Morgan fingerprint density at radius 2 is 2.00 bits per heavy atom. The van der Waals surface area contributed by atoms with Gasteiger partial charge in [0.05, 0.1) is 10.2 Å². The van der Waals surface area contributed by atoms with E-state index in [1.54, 1.807) is 11.3 Å². The number of benzene rings is 1. The van der Waals surface area contributed by atoms with Crippen LogP contribution in [0.25, 0.3) is 15.2 Å². The molecule has 2 aromatic heterocycles. The fourth-order valence-electron chi connectivity index (χ4n) is 3.29. The molecule has 0 radical (unpaired) electrons. The maximum atomic E-state index is 4.49. The minimum atomic E-state index is 0.532. The molecule has 0 unspecified atom stereocenters. The summed E-state index contributed by atoms with van der Waals surface area (Å²) in [6.07, 6.45) is 2.31. The molecule has 4 rings (SSSR count). The van der Waals surface area contributed by atoms with Gasteiger partial charge in [-0.1, -0.05) is 17.4 Å². The van der Waals surface area contributed by atoms with E-state index in [4.69, 9.17) is 0 Å². The molecule has 3 heterocycles. The molecule has 1 aliphatic heterocycles. The Balaban J connectivity index is 1.98. The smallest absolute Gasteiger partial charge is 0.217 e. The van der Waals surface area contributed by atoms with Crippen LogP contribution in [0.4, 0.5) is 0 Å². The van der Waals surface area contributed by atoms with Gasteiger partial charge >= 0.3 is 0 Å². The predicted octanol–water partition coefficient (Wildman–Crippen LogP) is 3.03. The number of rotatable bonds is 1. The summed E-state index contributed by atoms with van der Waals surface area (Å²) in [5, 5.41) is 12.3. The fourth-order valence-corrected chi connectivity index (χ4v) is 4.43. The monoisotopic (exact) mass is 286 g/mol. The van der Waals surface area contributed by atoms with Gasteiger partial charge in [-0.25, -0.2) is 0 Å². The summed E-state index contributed by atoms with van der Waals surface area (Å²) in [5.41, 5.74) is 3.94. The number of fused-ring (bicyclic) bond motifs is 3. The van der Waals surface area contributed by atoms with Gasteiger partial charge in [-0.2, -0.15) is 0 Å². The molecule has 1 aromatic carbocycles. The van der Waals surface area contributed by atoms with Crippen LogP contribution in [0, 0.1) is 13.8 Å². The third-order valence-electron chi connectivity index (χ3n) is 4.20. The largest absolute Gasteiger partial charge is 0.317 e. The zero-order chi connectivity index (χ0) is 13.7. The minimum absolute atomic E-state index is 0.532. The van der Waals surface area contributed by atoms with Gasteiger partial charge in [-0.05, 0) is 57.0 Å². The summed E-state index contributed by atoms with van der Waals surface area (Å²) in [4.78, 5) is 1.03. The van der Waals surface area contributed by atoms with Crippen LogP contribution in [0.2, 0.25) is 0 Å². The van der Waals surface area contributed by atoms with Gasteiger partial charge in [0, 0.05) is 5.92 Å². The number of nitrogens with zero attached hydrogens (tertiary/aromatic N) is 3. The lowest BCUT2D eigenvalue weighted by Gasteiger charge is -2.21. The first kappa shape index (κ1) is 12.3. The summed E-state index contributed by atoms with van der Waals surface area (Å²) in [6.45, 7) is 6.51. The van der Waals surface area contributed by atoms with Crippen LogP contribution in [0.5, 0.6) is 0 Å². The Kier molecular flexibility index (Phi) is 2.79. The topological polar surface area (TPSA) is 42.2 Å². The molecule has 1 N–H and O–H groups in total. The number of thiazole rings is 1. The van der Waals surface area contributed by atoms with Crippen LogP contribution in [0.15, 0.2) is 12.1 Å². The second-order valence-corrected chi connectivity index (χ2v) is 6.74. The standard InChI is InChI=1S/C15H18N4S/c1-9-7-10(2)13-12(8-9)20-15-18-17-14(19(13)15)11-3-5-16-6-4-11/h7-8,11,16H,3-6H2,1-2H3. The molecule has 0 aliphatic carbocycles. The first-order chi connectivity index (χ1) is 9.74. The summed E-state index contributed by atoms with van der Waals surface area (Å²) in [5.74, 6) is 1.68. The Bertz CT molecular complexity index is 780. The molecule has 3 aromatic rings. The molecule has 0 atom stereocenters. The van der Waals surface area contributed by atoms with Gasteiger partial charge < -0.3 is 5.32 Å². The van der Waals surface area contributed by atoms with Crippen LogP contribution in [0.1, 0.15) is 35.7 Å². The van der Waals surface area contributed by atoms with E-state index in [2.05, 4.69) is 45.9 Å². The number of hydrogen-bond acceptors (Lipinski definition) is 4. The van der Waals surface area contributed by atoms with Crippen molar-refractivity contribution in [1.82, 2.24) is 19.9 Å². The van der Waals surface area contributed by atoms with Gasteiger partial charge in [-0.3, -0.25) is 4.40 Å². The highest BCUT2D eigenvalue weighted by molar-refractivity contribution is 7.23. The third kappa shape index (κ3) is 1.77. The first-order valence-electron chi connectivity index (χ1n) is 7.19. The van der Waals surface area contributed by atoms with E-state index in [0.29, 0.717) is 5.92 Å². The SMILES string of the molecule is Cc1cc(C)c2c(c1)sc1nnc(C3CCNCC3)n12. The Morgan fingerprint density at radius 3 is 2.80 bits per heavy atom. The number of hydrogen-bond donors (Lipinski definition) is 1. The van der Waals surface area contributed by atoms with Crippen molar-refractivity contribution in [3.05, 3.63) is 29.1 Å². The van der Waals surface area contributed by atoms with Gasteiger partial charge in [0.15, 0.2) is 0 Å². The lowest BCUT2D eigenvalue weighted by atomic mass is 9.97. The quantitative estimate of drug-likeness (QED) is 0.747. The normalized spacial score (nSPS) is 17.3. The Morgan fingerprint density at radius 1 is 1.20 bits per heavy atom. The van der Waals surface area contributed by atoms with Crippen molar-refractivity contribution in [2.24, 2.45) is 0 Å². The van der Waals surface area contributed by atoms with E-state index in [1.807, 2.05) is 0 Å². The van der Waals surface area contributed by atoms with E-state index < -0.39 is 0 Å². The molecule has 0 bridgehead atoms. The molecular weight excluding hydrogens is 268 g/mol. The summed E-state index contributed by atoms with van der Waals surface area (Å²) in [6, 6.07) is 4.51. The van der Waals surface area contributed by atoms with Crippen LogP contribution in [-0.2, 0) is 0 Å². The molecule has 1 saturated heterocycles. The van der Waals surface area contributed by atoms with E-state index in [-0.39, 0.29) is 0 Å². The van der Waals surface area contributed by atoms with Crippen LogP contribution in [-0.4, -0.2) is 27.7 Å². The number of aryl methyl sites for hydroxylation is 2. The fraction of sp³-hybridized carbons (Fsp3) is 0.467. The molecule has 20 heavy (non-hydrogen) atoms. The van der Waals surface area contributed by atoms with Gasteiger partial charge in [0.25, 0.3) is 0 Å². The van der Waals surface area contributed by atoms with E-state index in [1.165, 1.54) is 21.3 Å². The van der Waals surface area contributed by atoms with E-state index in [0.717, 1.165) is 36.7 Å². The molecule has 5 heteroatoms. The Labute approximate surface area is 121 Å². The molecule has 0 saturated carbocycles. The lowest BCUT2D eigenvalue weighted by Crippen LogP contribution is -2.27. The maximum absolute atomic E-state index is 4.49. The summed E-state index contributed by atoms with van der Waals surface area (Å²) in [7, 11) is 0. The van der Waals surface area contributed by atoms with Crippen molar-refractivity contribution in [1.29, 1.82) is 0 Å². The average Bonchev–Trinajstić information content (AvgIpc) is 2.97. The zero-order valence-corrected chi connectivity index (χ0v) is 12.6. The molecule has 104 valence electrons. The number of piperidine rings is 1. The van der Waals surface area contributed by atoms with Crippen molar-refractivity contribution >= 4 is 26.5 Å². The van der Waals surface area contributed by atoms with Gasteiger partial charge in [0.2, 0.25) is 4.96 Å². The number of aromatic nitrogens is 3. The number of nitrogens with one attached hydrogen (secondary N) is 1. The van der Waals surface area contributed by atoms with E-state index in [9.17, 15) is 0 Å². The summed E-state index contributed by atoms with van der Waals surface area (Å²) >= 11 is 1.75. The molecule has 1 aliphatic rings. The molecular formula is C15H18N4S. The second-order valence-electron chi connectivity index (χ2n) is 5.73. The highest BCUT2D eigenvalue weighted by Gasteiger charge is 2.23. The van der Waals surface area contributed by atoms with Gasteiger partial charge in [0.1, 0.15) is 5.82 Å². The van der Waals surface area contributed by atoms with E-state index >= 15 is 0 Å². The highest BCUT2D eigenvalue weighted by atomic mass is 32.1. The molecule has 0 amide bonds. The third-order valence-corrected chi connectivity index (χ3v) is 5.18. The average molecular weight is 286 g/mol. The molecule has 1 fully saturated rings.